The molecule has 0 radical (unpaired) electrons. The molecule has 1 heterocycles. The fourth-order valence-electron chi connectivity index (χ4n) is 2.21. The Morgan fingerprint density at radius 2 is 2.10 bits per heavy atom. The first-order chi connectivity index (χ1) is 10.0. The molecule has 0 amide bonds. The summed E-state index contributed by atoms with van der Waals surface area (Å²) in [5.74, 6) is -0.968. The van der Waals surface area contributed by atoms with Gasteiger partial charge in [0.2, 0.25) is 0 Å². The summed E-state index contributed by atoms with van der Waals surface area (Å²) in [7, 11) is 2.83. The standard InChI is InChI=1S/C14H16O7/c1-4-20-14(17)10(15)11-7-5-6-8(18-2)12(19-3)9(7)13(16)21-11/h5-6,10-11,15H,4H2,1-3H3. The summed E-state index contributed by atoms with van der Waals surface area (Å²) >= 11 is 0. The molecule has 0 aromatic heterocycles. The number of hydrogen-bond donors (Lipinski definition) is 1. The zero-order valence-corrected chi connectivity index (χ0v) is 11.9. The van der Waals surface area contributed by atoms with Gasteiger partial charge < -0.3 is 24.1 Å². The minimum absolute atomic E-state index is 0.120. The van der Waals surface area contributed by atoms with Crippen LogP contribution in [0.1, 0.15) is 28.9 Å². The molecular formula is C14H16O7. The fourth-order valence-corrected chi connectivity index (χ4v) is 2.21. The summed E-state index contributed by atoms with van der Waals surface area (Å²) in [5, 5.41) is 9.98. The van der Waals surface area contributed by atoms with Crippen LogP contribution in [-0.2, 0) is 14.3 Å². The molecule has 1 aromatic carbocycles. The average Bonchev–Trinajstić information content (AvgIpc) is 2.83. The Morgan fingerprint density at radius 3 is 2.67 bits per heavy atom. The maximum atomic E-state index is 12.0. The fraction of sp³-hybridized carbons (Fsp3) is 0.429. The molecule has 0 saturated carbocycles. The van der Waals surface area contributed by atoms with Gasteiger partial charge in [-0.2, -0.15) is 0 Å². The van der Waals surface area contributed by atoms with E-state index in [0.29, 0.717) is 11.3 Å². The summed E-state index contributed by atoms with van der Waals surface area (Å²) in [5.41, 5.74) is 0.503. The number of aliphatic hydroxyl groups is 1. The number of esters is 2. The van der Waals surface area contributed by atoms with Gasteiger partial charge in [-0.3, -0.25) is 0 Å². The minimum Gasteiger partial charge on any atom is -0.493 e. The number of rotatable bonds is 5. The van der Waals surface area contributed by atoms with Gasteiger partial charge in [-0.25, -0.2) is 9.59 Å². The Labute approximate surface area is 121 Å². The second-order valence-corrected chi connectivity index (χ2v) is 4.29. The first-order valence-electron chi connectivity index (χ1n) is 6.35. The van der Waals surface area contributed by atoms with Crippen molar-refractivity contribution in [2.75, 3.05) is 20.8 Å². The Morgan fingerprint density at radius 1 is 1.38 bits per heavy atom. The van der Waals surface area contributed by atoms with E-state index >= 15 is 0 Å². The molecule has 2 unspecified atom stereocenters. The Kier molecular flexibility index (Phi) is 4.32. The van der Waals surface area contributed by atoms with E-state index in [1.165, 1.54) is 14.2 Å². The first kappa shape index (κ1) is 15.1. The lowest BCUT2D eigenvalue weighted by Gasteiger charge is -2.16. The molecule has 0 saturated heterocycles. The van der Waals surface area contributed by atoms with Crippen LogP contribution in [0.15, 0.2) is 12.1 Å². The Balaban J connectivity index is 2.42. The Hall–Kier alpha value is -2.28. The van der Waals surface area contributed by atoms with Gasteiger partial charge in [-0.15, -0.1) is 0 Å². The van der Waals surface area contributed by atoms with E-state index in [1.54, 1.807) is 19.1 Å². The maximum absolute atomic E-state index is 12.0. The molecule has 0 spiro atoms. The number of benzene rings is 1. The van der Waals surface area contributed by atoms with E-state index in [1.807, 2.05) is 0 Å². The molecule has 7 nitrogen and oxygen atoms in total. The highest BCUT2D eigenvalue weighted by Crippen LogP contribution is 2.43. The van der Waals surface area contributed by atoms with Crippen molar-refractivity contribution >= 4 is 11.9 Å². The summed E-state index contributed by atoms with van der Waals surface area (Å²) in [6.45, 7) is 1.74. The number of carbonyl (C=O) groups is 2. The lowest BCUT2D eigenvalue weighted by molar-refractivity contribution is -0.159. The molecule has 0 aliphatic carbocycles. The van der Waals surface area contributed by atoms with Crippen LogP contribution in [0.25, 0.3) is 0 Å². The number of hydrogen-bond acceptors (Lipinski definition) is 7. The van der Waals surface area contributed by atoms with Crippen molar-refractivity contribution in [3.8, 4) is 11.5 Å². The van der Waals surface area contributed by atoms with Gasteiger partial charge in [-0.05, 0) is 13.0 Å². The van der Waals surface area contributed by atoms with Gasteiger partial charge in [-0.1, -0.05) is 6.07 Å². The maximum Gasteiger partial charge on any atom is 0.343 e. The summed E-state index contributed by atoms with van der Waals surface area (Å²) in [6.07, 6.45) is -2.71. The van der Waals surface area contributed by atoms with Crippen LogP contribution in [0.5, 0.6) is 11.5 Å². The van der Waals surface area contributed by atoms with Crippen LogP contribution >= 0.6 is 0 Å². The summed E-state index contributed by atoms with van der Waals surface area (Å²) in [6, 6.07) is 3.12. The average molecular weight is 296 g/mol. The van der Waals surface area contributed by atoms with Crippen molar-refractivity contribution in [3.05, 3.63) is 23.3 Å². The molecule has 1 aromatic rings. The van der Waals surface area contributed by atoms with Gasteiger partial charge >= 0.3 is 11.9 Å². The third-order valence-corrected chi connectivity index (χ3v) is 3.14. The van der Waals surface area contributed by atoms with Crippen molar-refractivity contribution in [2.24, 2.45) is 0 Å². The number of methoxy groups -OCH3 is 2. The van der Waals surface area contributed by atoms with Gasteiger partial charge in [0, 0.05) is 5.56 Å². The van der Waals surface area contributed by atoms with Crippen molar-refractivity contribution < 1.29 is 33.6 Å². The highest BCUT2D eigenvalue weighted by molar-refractivity contribution is 5.98. The van der Waals surface area contributed by atoms with Gasteiger partial charge in [0.25, 0.3) is 0 Å². The summed E-state index contributed by atoms with van der Waals surface area (Å²) < 4.78 is 20.1. The molecule has 1 aliphatic rings. The minimum atomic E-state index is -1.59. The van der Waals surface area contributed by atoms with Crippen molar-refractivity contribution in [1.82, 2.24) is 0 Å². The second-order valence-electron chi connectivity index (χ2n) is 4.29. The van der Waals surface area contributed by atoms with Crippen LogP contribution < -0.4 is 9.47 Å². The zero-order chi connectivity index (χ0) is 15.6. The third kappa shape index (κ3) is 2.52. The number of fused-ring (bicyclic) bond motifs is 1. The molecule has 1 N–H and O–H groups in total. The first-order valence-corrected chi connectivity index (χ1v) is 6.35. The van der Waals surface area contributed by atoms with Crippen molar-refractivity contribution in [2.45, 2.75) is 19.1 Å². The van der Waals surface area contributed by atoms with Crippen LogP contribution in [0, 0.1) is 0 Å². The quantitative estimate of drug-likeness (QED) is 0.805. The van der Waals surface area contributed by atoms with Crippen LogP contribution in [0.2, 0.25) is 0 Å². The number of carbonyl (C=O) groups excluding carboxylic acids is 2. The van der Waals surface area contributed by atoms with Gasteiger partial charge in [0.1, 0.15) is 5.56 Å². The third-order valence-electron chi connectivity index (χ3n) is 3.14. The molecule has 1 aliphatic heterocycles. The smallest absolute Gasteiger partial charge is 0.343 e. The molecule has 7 heteroatoms. The van der Waals surface area contributed by atoms with Crippen LogP contribution in [-0.4, -0.2) is 44.0 Å². The second kappa shape index (κ2) is 6.01. The van der Waals surface area contributed by atoms with E-state index < -0.39 is 24.1 Å². The van der Waals surface area contributed by atoms with Gasteiger partial charge in [0.15, 0.2) is 23.7 Å². The molecular weight excluding hydrogens is 280 g/mol. The lowest BCUT2D eigenvalue weighted by Crippen LogP contribution is -2.30. The molecule has 0 fully saturated rings. The van der Waals surface area contributed by atoms with E-state index in [-0.39, 0.29) is 17.9 Å². The number of cyclic esters (lactones) is 1. The SMILES string of the molecule is CCOC(=O)C(O)C1OC(=O)c2c1ccc(OC)c2OC. The highest BCUT2D eigenvalue weighted by Gasteiger charge is 2.42. The van der Waals surface area contributed by atoms with E-state index in [4.69, 9.17) is 18.9 Å². The van der Waals surface area contributed by atoms with Crippen molar-refractivity contribution in [3.63, 3.8) is 0 Å². The molecule has 0 bridgehead atoms. The number of aliphatic hydroxyl groups excluding tert-OH is 1. The van der Waals surface area contributed by atoms with Crippen LogP contribution in [0.3, 0.4) is 0 Å². The van der Waals surface area contributed by atoms with Gasteiger partial charge in [0.05, 0.1) is 20.8 Å². The number of ether oxygens (including phenoxy) is 4. The summed E-state index contributed by atoms with van der Waals surface area (Å²) in [4.78, 5) is 23.6. The van der Waals surface area contributed by atoms with Crippen molar-refractivity contribution in [1.29, 1.82) is 0 Å². The topological polar surface area (TPSA) is 91.3 Å². The van der Waals surface area contributed by atoms with E-state index in [0.717, 1.165) is 0 Å². The lowest BCUT2D eigenvalue weighted by atomic mass is 10.00. The highest BCUT2D eigenvalue weighted by atomic mass is 16.6. The normalized spacial score (nSPS) is 17.7. The predicted molar refractivity (Wildman–Crippen MR) is 70.3 cm³/mol. The Bertz CT molecular complexity index is 567. The molecule has 2 atom stereocenters. The monoisotopic (exact) mass is 296 g/mol. The molecule has 114 valence electrons. The van der Waals surface area contributed by atoms with E-state index in [9.17, 15) is 14.7 Å². The molecule has 21 heavy (non-hydrogen) atoms. The predicted octanol–water partition coefficient (Wildman–Crippen LogP) is 0.839. The van der Waals surface area contributed by atoms with E-state index in [2.05, 4.69) is 0 Å². The molecule has 2 rings (SSSR count). The zero-order valence-electron chi connectivity index (χ0n) is 11.9. The largest absolute Gasteiger partial charge is 0.493 e. The van der Waals surface area contributed by atoms with Crippen LogP contribution in [0.4, 0.5) is 0 Å².